The van der Waals surface area contributed by atoms with Crippen molar-refractivity contribution in [2.24, 2.45) is 10.9 Å². The van der Waals surface area contributed by atoms with E-state index in [-0.39, 0.29) is 33.9 Å². The van der Waals surface area contributed by atoms with E-state index in [2.05, 4.69) is 5.16 Å². The predicted octanol–water partition coefficient (Wildman–Crippen LogP) is 2.59. The van der Waals surface area contributed by atoms with Crippen LogP contribution in [0.2, 0.25) is 10.0 Å². The Morgan fingerprint density at radius 2 is 2.00 bits per heavy atom. The molecule has 0 unspecified atom stereocenters. The molecule has 104 valence electrons. The lowest BCUT2D eigenvalue weighted by Gasteiger charge is -2.22. The summed E-state index contributed by atoms with van der Waals surface area (Å²) in [4.78, 5) is 13.8. The Morgan fingerprint density at radius 1 is 1.42 bits per heavy atom. The summed E-state index contributed by atoms with van der Waals surface area (Å²) >= 11 is 12.0. The maximum Gasteiger partial charge on any atom is 0.257 e. The van der Waals surface area contributed by atoms with Crippen LogP contribution in [0.25, 0.3) is 0 Å². The summed E-state index contributed by atoms with van der Waals surface area (Å²) in [5.74, 6) is -0.394. The molecule has 0 saturated carbocycles. The zero-order valence-corrected chi connectivity index (χ0v) is 11.9. The molecule has 0 bridgehead atoms. The first kappa shape index (κ1) is 15.6. The van der Waals surface area contributed by atoms with E-state index in [4.69, 9.17) is 34.1 Å². The molecular formula is C12H15Cl2N3O2. The summed E-state index contributed by atoms with van der Waals surface area (Å²) < 4.78 is 0. The van der Waals surface area contributed by atoms with Crippen molar-refractivity contribution in [3.8, 4) is 0 Å². The van der Waals surface area contributed by atoms with Crippen LogP contribution in [0.4, 0.5) is 0 Å². The molecule has 0 aliphatic rings. The van der Waals surface area contributed by atoms with Crippen LogP contribution in [0, 0.1) is 0 Å². The number of benzene rings is 1. The molecule has 0 aliphatic heterocycles. The van der Waals surface area contributed by atoms with E-state index in [0.717, 1.165) is 6.42 Å². The van der Waals surface area contributed by atoms with Gasteiger partial charge in [-0.3, -0.25) is 4.79 Å². The van der Waals surface area contributed by atoms with Crippen LogP contribution in [0.15, 0.2) is 23.4 Å². The summed E-state index contributed by atoms with van der Waals surface area (Å²) in [6, 6.07) is 4.84. The lowest BCUT2D eigenvalue weighted by molar-refractivity contribution is 0.0778. The van der Waals surface area contributed by atoms with Crippen molar-refractivity contribution in [1.29, 1.82) is 0 Å². The van der Waals surface area contributed by atoms with Crippen LogP contribution in [0.1, 0.15) is 23.7 Å². The second-order valence-corrected chi connectivity index (χ2v) is 4.73. The molecule has 0 heterocycles. The first-order valence-electron chi connectivity index (χ1n) is 5.71. The van der Waals surface area contributed by atoms with Gasteiger partial charge in [-0.2, -0.15) is 0 Å². The normalized spacial score (nSPS) is 11.4. The lowest BCUT2D eigenvalue weighted by atomic mass is 10.2. The zero-order valence-electron chi connectivity index (χ0n) is 10.4. The summed E-state index contributed by atoms with van der Waals surface area (Å²) in [7, 11) is 0. The second kappa shape index (κ2) is 7.21. The minimum absolute atomic E-state index is 0.0186. The Balaban J connectivity index is 3.05. The standard InChI is InChI=1S/C12H15Cl2N3O2/c1-2-6-17(7-10(15)16-19)12(18)11-8(13)4-3-5-9(11)14/h3-5,19H,2,6-7H2,1H3,(H2,15,16). The molecule has 1 aromatic carbocycles. The fourth-order valence-corrected chi connectivity index (χ4v) is 2.17. The number of amides is 1. The van der Waals surface area contributed by atoms with Gasteiger partial charge in [0.15, 0.2) is 5.84 Å². The number of nitrogens with two attached hydrogens (primary N) is 1. The average molecular weight is 304 g/mol. The zero-order chi connectivity index (χ0) is 14.4. The van der Waals surface area contributed by atoms with Crippen LogP contribution in [-0.4, -0.2) is 34.9 Å². The van der Waals surface area contributed by atoms with Gasteiger partial charge >= 0.3 is 0 Å². The molecule has 0 saturated heterocycles. The molecule has 3 N–H and O–H groups in total. The molecule has 1 aromatic rings. The fourth-order valence-electron chi connectivity index (χ4n) is 1.61. The summed E-state index contributed by atoms with van der Waals surface area (Å²) in [5, 5.41) is 12.0. The van der Waals surface area contributed by atoms with E-state index < -0.39 is 0 Å². The number of carbonyl (C=O) groups excluding carboxylic acids is 1. The topological polar surface area (TPSA) is 78.9 Å². The first-order valence-corrected chi connectivity index (χ1v) is 6.46. The van der Waals surface area contributed by atoms with Gasteiger partial charge in [-0.05, 0) is 18.6 Å². The van der Waals surface area contributed by atoms with E-state index in [1.807, 2.05) is 6.92 Å². The summed E-state index contributed by atoms with van der Waals surface area (Å²) in [6.07, 6.45) is 0.729. The second-order valence-electron chi connectivity index (χ2n) is 3.91. The van der Waals surface area contributed by atoms with Crippen LogP contribution in [-0.2, 0) is 0 Å². The first-order chi connectivity index (χ1) is 9.01. The van der Waals surface area contributed by atoms with Crippen molar-refractivity contribution in [3.63, 3.8) is 0 Å². The van der Waals surface area contributed by atoms with Crippen LogP contribution >= 0.6 is 23.2 Å². The van der Waals surface area contributed by atoms with Crippen LogP contribution < -0.4 is 5.73 Å². The van der Waals surface area contributed by atoms with Crippen molar-refractivity contribution in [3.05, 3.63) is 33.8 Å². The molecule has 0 atom stereocenters. The highest BCUT2D eigenvalue weighted by Crippen LogP contribution is 2.25. The highest BCUT2D eigenvalue weighted by molar-refractivity contribution is 6.39. The van der Waals surface area contributed by atoms with E-state index >= 15 is 0 Å². The van der Waals surface area contributed by atoms with Crippen molar-refractivity contribution >= 4 is 34.9 Å². The maximum atomic E-state index is 12.4. The maximum absolute atomic E-state index is 12.4. The number of amidine groups is 1. The third-order valence-corrected chi connectivity index (χ3v) is 3.07. The third-order valence-electron chi connectivity index (χ3n) is 2.44. The van der Waals surface area contributed by atoms with Gasteiger partial charge in [0.25, 0.3) is 5.91 Å². The van der Waals surface area contributed by atoms with Crippen LogP contribution in [0.3, 0.4) is 0 Å². The van der Waals surface area contributed by atoms with Gasteiger partial charge in [-0.1, -0.05) is 41.3 Å². The number of hydrogen-bond acceptors (Lipinski definition) is 3. The number of halogens is 2. The van der Waals surface area contributed by atoms with Crippen LogP contribution in [0.5, 0.6) is 0 Å². The predicted molar refractivity (Wildman–Crippen MR) is 76.1 cm³/mol. The Hall–Kier alpha value is -1.46. The third kappa shape index (κ3) is 4.01. The summed E-state index contributed by atoms with van der Waals surface area (Å²) in [6.45, 7) is 2.39. The molecule has 0 fully saturated rings. The lowest BCUT2D eigenvalue weighted by Crippen LogP contribution is -2.39. The highest BCUT2D eigenvalue weighted by atomic mass is 35.5. The molecular weight excluding hydrogens is 289 g/mol. The van der Waals surface area contributed by atoms with Gasteiger partial charge in [-0.15, -0.1) is 0 Å². The monoisotopic (exact) mass is 303 g/mol. The number of carbonyl (C=O) groups is 1. The Morgan fingerprint density at radius 3 is 2.47 bits per heavy atom. The van der Waals surface area contributed by atoms with Crippen molar-refractivity contribution < 1.29 is 10.0 Å². The van der Waals surface area contributed by atoms with E-state index in [9.17, 15) is 4.79 Å². The molecule has 19 heavy (non-hydrogen) atoms. The van der Waals surface area contributed by atoms with E-state index in [0.29, 0.717) is 6.54 Å². The van der Waals surface area contributed by atoms with Crippen molar-refractivity contribution in [2.45, 2.75) is 13.3 Å². The fraction of sp³-hybridized carbons (Fsp3) is 0.333. The van der Waals surface area contributed by atoms with Gasteiger partial charge in [0, 0.05) is 6.54 Å². The molecule has 0 aromatic heterocycles. The number of oxime groups is 1. The van der Waals surface area contributed by atoms with Crippen molar-refractivity contribution in [2.75, 3.05) is 13.1 Å². The Bertz CT molecular complexity index is 472. The Labute approximate surface area is 121 Å². The number of hydrogen-bond donors (Lipinski definition) is 2. The van der Waals surface area contributed by atoms with Gasteiger partial charge in [0.05, 0.1) is 22.2 Å². The molecule has 0 spiro atoms. The minimum atomic E-state index is -0.343. The molecule has 0 aliphatic carbocycles. The quantitative estimate of drug-likeness (QED) is 0.380. The molecule has 1 rings (SSSR count). The van der Waals surface area contributed by atoms with E-state index in [1.165, 1.54) is 4.90 Å². The van der Waals surface area contributed by atoms with Gasteiger partial charge < -0.3 is 15.8 Å². The molecule has 1 amide bonds. The van der Waals surface area contributed by atoms with E-state index in [1.54, 1.807) is 18.2 Å². The van der Waals surface area contributed by atoms with Gasteiger partial charge in [-0.25, -0.2) is 0 Å². The average Bonchev–Trinajstić information content (AvgIpc) is 2.37. The SMILES string of the molecule is CCCN(CC(N)=NO)C(=O)c1c(Cl)cccc1Cl. The van der Waals surface area contributed by atoms with Gasteiger partial charge in [0.1, 0.15) is 0 Å². The van der Waals surface area contributed by atoms with Gasteiger partial charge in [0.2, 0.25) is 0 Å². The van der Waals surface area contributed by atoms with Crippen molar-refractivity contribution in [1.82, 2.24) is 4.90 Å². The Kier molecular flexibility index (Phi) is 5.92. The molecule has 0 radical (unpaired) electrons. The summed E-state index contributed by atoms with van der Waals surface area (Å²) in [5.41, 5.74) is 5.66. The minimum Gasteiger partial charge on any atom is -0.409 e. The highest BCUT2D eigenvalue weighted by Gasteiger charge is 2.21. The smallest absolute Gasteiger partial charge is 0.257 e. The molecule has 7 heteroatoms. The molecule has 5 nitrogen and oxygen atoms in total. The number of nitrogens with zero attached hydrogens (tertiary/aromatic N) is 2. The number of rotatable bonds is 5. The largest absolute Gasteiger partial charge is 0.409 e.